The summed E-state index contributed by atoms with van der Waals surface area (Å²) in [6.45, 7) is 1.75. The van der Waals surface area contributed by atoms with Crippen molar-refractivity contribution < 1.29 is 9.47 Å². The molecule has 0 unspecified atom stereocenters. The summed E-state index contributed by atoms with van der Waals surface area (Å²) in [7, 11) is 5.39. The van der Waals surface area contributed by atoms with E-state index in [-0.39, 0.29) is 18.2 Å². The molecular formula is C6H14ClNO2. The molecule has 1 heterocycles. The van der Waals surface area contributed by atoms with Crippen molar-refractivity contribution >= 4 is 12.4 Å². The second-order valence-corrected chi connectivity index (χ2v) is 2.49. The lowest BCUT2D eigenvalue weighted by atomic mass is 10.1. The fourth-order valence-corrected chi connectivity index (χ4v) is 1.12. The number of likely N-dealkylation sites (N-methyl/N-ethyl adjacent to an activating group) is 1. The maximum Gasteiger partial charge on any atom is 0.193 e. The summed E-state index contributed by atoms with van der Waals surface area (Å²) in [4.78, 5) is 2.15. The number of nitrogens with zero attached hydrogens (tertiary/aromatic N) is 1. The molecule has 0 aromatic carbocycles. The maximum atomic E-state index is 5.13. The molecule has 0 bridgehead atoms. The zero-order valence-electron chi connectivity index (χ0n) is 6.59. The van der Waals surface area contributed by atoms with Gasteiger partial charge in [0.25, 0.3) is 0 Å². The van der Waals surface area contributed by atoms with Gasteiger partial charge in [-0.2, -0.15) is 0 Å². The maximum absolute atomic E-state index is 5.13. The molecule has 1 aliphatic heterocycles. The topological polar surface area (TPSA) is 21.7 Å². The van der Waals surface area contributed by atoms with Crippen LogP contribution in [0.1, 0.15) is 0 Å². The third-order valence-corrected chi connectivity index (χ3v) is 1.77. The summed E-state index contributed by atoms with van der Waals surface area (Å²) in [6.07, 6.45) is 0. The molecule has 0 aromatic heterocycles. The summed E-state index contributed by atoms with van der Waals surface area (Å²) in [5.74, 6) is -0.297. The number of hydrogen-bond donors (Lipinski definition) is 0. The van der Waals surface area contributed by atoms with E-state index in [0.29, 0.717) is 0 Å². The second kappa shape index (κ2) is 3.53. The van der Waals surface area contributed by atoms with Crippen LogP contribution < -0.4 is 0 Å². The van der Waals surface area contributed by atoms with Crippen molar-refractivity contribution in [1.29, 1.82) is 0 Å². The Labute approximate surface area is 67.7 Å². The highest BCUT2D eigenvalue weighted by Crippen LogP contribution is 2.22. The number of ether oxygens (including phenoxy) is 2. The highest BCUT2D eigenvalue weighted by Gasteiger charge is 2.41. The van der Waals surface area contributed by atoms with Gasteiger partial charge in [-0.05, 0) is 7.05 Å². The summed E-state index contributed by atoms with van der Waals surface area (Å²) < 4.78 is 10.3. The lowest BCUT2D eigenvalue weighted by molar-refractivity contribution is -0.270. The Bertz CT molecular complexity index is 97.9. The molecule has 0 spiro atoms. The molecule has 10 heavy (non-hydrogen) atoms. The molecule has 1 aliphatic rings. The Hall–Kier alpha value is 0.170. The van der Waals surface area contributed by atoms with E-state index in [9.17, 15) is 0 Å². The van der Waals surface area contributed by atoms with E-state index in [2.05, 4.69) is 4.90 Å². The molecule has 0 aromatic rings. The smallest absolute Gasteiger partial charge is 0.193 e. The van der Waals surface area contributed by atoms with Crippen LogP contribution in [0, 0.1) is 0 Å². The van der Waals surface area contributed by atoms with E-state index in [1.165, 1.54) is 0 Å². The Kier molecular flexibility index (Phi) is 3.59. The lowest BCUT2D eigenvalue weighted by Crippen LogP contribution is -2.62. The fourth-order valence-electron chi connectivity index (χ4n) is 1.12. The normalized spacial score (nSPS) is 23.1. The minimum atomic E-state index is -0.297. The van der Waals surface area contributed by atoms with Crippen molar-refractivity contribution in [1.82, 2.24) is 4.90 Å². The van der Waals surface area contributed by atoms with Gasteiger partial charge in [0.2, 0.25) is 0 Å². The Morgan fingerprint density at radius 2 is 1.60 bits per heavy atom. The monoisotopic (exact) mass is 167 g/mol. The van der Waals surface area contributed by atoms with E-state index in [0.717, 1.165) is 13.1 Å². The summed E-state index contributed by atoms with van der Waals surface area (Å²) in [5.41, 5.74) is 0. The van der Waals surface area contributed by atoms with Crippen LogP contribution in [-0.2, 0) is 9.47 Å². The summed E-state index contributed by atoms with van der Waals surface area (Å²) in [6, 6.07) is 0. The molecule has 1 rings (SSSR count). The fraction of sp³-hybridized carbons (Fsp3) is 1.00. The molecule has 0 saturated carbocycles. The molecule has 3 nitrogen and oxygen atoms in total. The molecule has 4 heteroatoms. The highest BCUT2D eigenvalue weighted by molar-refractivity contribution is 5.85. The van der Waals surface area contributed by atoms with Gasteiger partial charge >= 0.3 is 0 Å². The first kappa shape index (κ1) is 10.2. The number of halogens is 1. The number of methoxy groups -OCH3 is 2. The van der Waals surface area contributed by atoms with Crippen molar-refractivity contribution in [2.75, 3.05) is 34.4 Å². The van der Waals surface area contributed by atoms with Crippen LogP contribution >= 0.6 is 12.4 Å². The SMILES string of the molecule is COC1(OC)CN(C)C1.Cl. The van der Waals surface area contributed by atoms with Gasteiger partial charge in [-0.25, -0.2) is 0 Å². The van der Waals surface area contributed by atoms with Crippen molar-refractivity contribution in [3.63, 3.8) is 0 Å². The van der Waals surface area contributed by atoms with Gasteiger partial charge in [0, 0.05) is 14.2 Å². The summed E-state index contributed by atoms with van der Waals surface area (Å²) >= 11 is 0. The van der Waals surface area contributed by atoms with Crippen LogP contribution in [-0.4, -0.2) is 45.0 Å². The second-order valence-electron chi connectivity index (χ2n) is 2.49. The molecule has 1 fully saturated rings. The number of rotatable bonds is 2. The standard InChI is InChI=1S/C6H13NO2.ClH/c1-7-4-6(5-7,8-2)9-3;/h4-5H2,1-3H3;1H. The average Bonchev–Trinajstić information content (AvgIpc) is 1.81. The van der Waals surface area contributed by atoms with Crippen LogP contribution in [0.3, 0.4) is 0 Å². The predicted molar refractivity (Wildman–Crippen MR) is 41.5 cm³/mol. The zero-order chi connectivity index (χ0) is 6.91. The van der Waals surface area contributed by atoms with Crippen LogP contribution in [0.5, 0.6) is 0 Å². The quantitative estimate of drug-likeness (QED) is 0.554. The van der Waals surface area contributed by atoms with E-state index < -0.39 is 0 Å². The summed E-state index contributed by atoms with van der Waals surface area (Å²) in [5, 5.41) is 0. The van der Waals surface area contributed by atoms with Crippen LogP contribution in [0.25, 0.3) is 0 Å². The van der Waals surface area contributed by atoms with Crippen LogP contribution in [0.15, 0.2) is 0 Å². The molecule has 0 N–H and O–H groups in total. The van der Waals surface area contributed by atoms with Gasteiger partial charge in [-0.15, -0.1) is 12.4 Å². The minimum Gasteiger partial charge on any atom is -0.351 e. The van der Waals surface area contributed by atoms with Gasteiger partial charge in [-0.1, -0.05) is 0 Å². The first-order chi connectivity index (χ1) is 4.22. The van der Waals surface area contributed by atoms with Crippen molar-refractivity contribution in [3.05, 3.63) is 0 Å². The Morgan fingerprint density at radius 3 is 1.70 bits per heavy atom. The van der Waals surface area contributed by atoms with Crippen molar-refractivity contribution in [2.45, 2.75) is 5.79 Å². The zero-order valence-corrected chi connectivity index (χ0v) is 7.40. The van der Waals surface area contributed by atoms with Gasteiger partial charge in [0.1, 0.15) is 0 Å². The molecule has 1 saturated heterocycles. The van der Waals surface area contributed by atoms with E-state index >= 15 is 0 Å². The number of hydrogen-bond acceptors (Lipinski definition) is 3. The first-order valence-electron chi connectivity index (χ1n) is 3.01. The van der Waals surface area contributed by atoms with E-state index in [4.69, 9.17) is 9.47 Å². The van der Waals surface area contributed by atoms with Crippen molar-refractivity contribution in [3.8, 4) is 0 Å². The Morgan fingerprint density at radius 1 is 1.20 bits per heavy atom. The average molecular weight is 168 g/mol. The largest absolute Gasteiger partial charge is 0.351 e. The third kappa shape index (κ3) is 1.61. The minimum absolute atomic E-state index is 0. The molecule has 0 amide bonds. The molecule has 0 radical (unpaired) electrons. The molecule has 62 valence electrons. The molecule has 0 aliphatic carbocycles. The molecular weight excluding hydrogens is 154 g/mol. The lowest BCUT2D eigenvalue weighted by Gasteiger charge is -2.45. The van der Waals surface area contributed by atoms with E-state index in [1.54, 1.807) is 14.2 Å². The predicted octanol–water partition coefficient (Wildman–Crippen LogP) is 0.343. The van der Waals surface area contributed by atoms with Gasteiger partial charge in [0.05, 0.1) is 13.1 Å². The van der Waals surface area contributed by atoms with Crippen LogP contribution in [0.4, 0.5) is 0 Å². The van der Waals surface area contributed by atoms with Gasteiger partial charge in [-0.3, -0.25) is 4.90 Å². The highest BCUT2D eigenvalue weighted by atomic mass is 35.5. The van der Waals surface area contributed by atoms with Gasteiger partial charge in [0.15, 0.2) is 5.79 Å². The van der Waals surface area contributed by atoms with Crippen LogP contribution in [0.2, 0.25) is 0 Å². The molecule has 0 atom stereocenters. The number of likely N-dealkylation sites (tertiary alicyclic amines) is 1. The van der Waals surface area contributed by atoms with Gasteiger partial charge < -0.3 is 9.47 Å². The Balaban J connectivity index is 0.000000810. The van der Waals surface area contributed by atoms with E-state index in [1.807, 2.05) is 7.05 Å². The van der Waals surface area contributed by atoms with Crippen molar-refractivity contribution in [2.24, 2.45) is 0 Å². The third-order valence-electron chi connectivity index (χ3n) is 1.77. The first-order valence-corrected chi connectivity index (χ1v) is 3.01.